The van der Waals surface area contributed by atoms with E-state index in [-0.39, 0.29) is 5.56 Å². The van der Waals surface area contributed by atoms with Gasteiger partial charge in [-0.05, 0) is 12.5 Å². The predicted octanol–water partition coefficient (Wildman–Crippen LogP) is -1.23. The number of aliphatic hydroxyl groups is 2. The molecule has 0 radical (unpaired) electrons. The monoisotopic (exact) mass is 283 g/mol. The van der Waals surface area contributed by atoms with Gasteiger partial charge in [0.05, 0.1) is 12.7 Å². The molecule has 1 aliphatic heterocycles. The molecule has 0 bridgehead atoms. The summed E-state index contributed by atoms with van der Waals surface area (Å²) in [6, 6.07) is -1.08. The van der Waals surface area contributed by atoms with Crippen LogP contribution in [-0.4, -0.2) is 44.6 Å². The van der Waals surface area contributed by atoms with Gasteiger partial charge >= 0.3 is 5.69 Å². The highest BCUT2D eigenvalue weighted by atomic mass is 16.5. The molecule has 0 aliphatic carbocycles. The second kappa shape index (κ2) is 5.47. The molecule has 108 valence electrons. The number of azide groups is 1. The van der Waals surface area contributed by atoms with E-state index in [0.717, 1.165) is 4.57 Å². The van der Waals surface area contributed by atoms with E-state index in [1.54, 1.807) is 0 Å². The summed E-state index contributed by atoms with van der Waals surface area (Å²) in [7, 11) is 0. The number of hydrogen-bond acceptors (Lipinski definition) is 6. The van der Waals surface area contributed by atoms with Crippen molar-refractivity contribution in [2.24, 2.45) is 5.11 Å². The minimum Gasteiger partial charge on any atom is -0.394 e. The van der Waals surface area contributed by atoms with Crippen LogP contribution in [0.5, 0.6) is 0 Å². The van der Waals surface area contributed by atoms with E-state index in [1.165, 1.54) is 13.1 Å². The number of aromatic amines is 1. The molecule has 3 N–H and O–H groups in total. The largest absolute Gasteiger partial charge is 0.394 e. The van der Waals surface area contributed by atoms with Gasteiger partial charge in [-0.1, -0.05) is 5.11 Å². The third-order valence-electron chi connectivity index (χ3n) is 3.12. The average Bonchev–Trinajstić information content (AvgIpc) is 2.72. The summed E-state index contributed by atoms with van der Waals surface area (Å²) in [5.41, 5.74) is 7.49. The number of aromatic nitrogens is 2. The van der Waals surface area contributed by atoms with Crippen LogP contribution >= 0.6 is 0 Å². The number of nitrogens with one attached hydrogen (secondary N) is 1. The van der Waals surface area contributed by atoms with Gasteiger partial charge in [0.15, 0.2) is 0 Å². The van der Waals surface area contributed by atoms with Crippen LogP contribution < -0.4 is 11.2 Å². The molecule has 0 saturated carbocycles. The van der Waals surface area contributed by atoms with Crippen LogP contribution in [0.1, 0.15) is 11.8 Å². The fourth-order valence-electron chi connectivity index (χ4n) is 2.07. The quantitative estimate of drug-likeness (QED) is 0.360. The molecule has 1 aromatic heterocycles. The number of H-pyrrole nitrogens is 1. The first kappa shape index (κ1) is 14.3. The smallest absolute Gasteiger partial charge is 0.330 e. The Balaban J connectivity index is 2.50. The van der Waals surface area contributed by atoms with E-state index in [2.05, 4.69) is 15.0 Å². The van der Waals surface area contributed by atoms with E-state index in [0.29, 0.717) is 0 Å². The van der Waals surface area contributed by atoms with Crippen molar-refractivity contribution in [1.82, 2.24) is 9.55 Å². The molecule has 10 heteroatoms. The molecule has 1 aliphatic rings. The third kappa shape index (κ3) is 2.32. The van der Waals surface area contributed by atoms with Crippen LogP contribution in [0.25, 0.3) is 10.4 Å². The van der Waals surface area contributed by atoms with E-state index in [1.807, 2.05) is 0 Å². The molecule has 0 spiro atoms. The van der Waals surface area contributed by atoms with Gasteiger partial charge in [-0.3, -0.25) is 14.3 Å². The second-order valence-electron chi connectivity index (χ2n) is 4.41. The van der Waals surface area contributed by atoms with Gasteiger partial charge in [0.1, 0.15) is 18.4 Å². The summed E-state index contributed by atoms with van der Waals surface area (Å²) in [5, 5.41) is 22.4. The molecule has 1 fully saturated rings. The van der Waals surface area contributed by atoms with Gasteiger partial charge in [0.2, 0.25) is 0 Å². The Morgan fingerprint density at radius 1 is 1.60 bits per heavy atom. The van der Waals surface area contributed by atoms with Crippen molar-refractivity contribution in [2.75, 3.05) is 6.61 Å². The van der Waals surface area contributed by atoms with Crippen molar-refractivity contribution in [1.29, 1.82) is 0 Å². The lowest BCUT2D eigenvalue weighted by atomic mass is 10.1. The SMILES string of the molecule is Cc1cn([C@@H]2O[C@@H](CO)[C@@H](O)[C@@H]2N=[N+]=[N-])c(=O)[nH]c1=O. The lowest BCUT2D eigenvalue weighted by molar-refractivity contribution is -0.0465. The van der Waals surface area contributed by atoms with Crippen molar-refractivity contribution in [3.05, 3.63) is 43.0 Å². The average molecular weight is 283 g/mol. The maximum atomic E-state index is 11.8. The summed E-state index contributed by atoms with van der Waals surface area (Å²) in [6.07, 6.45) is -2.08. The Labute approximate surface area is 111 Å². The molecule has 0 aromatic carbocycles. The van der Waals surface area contributed by atoms with Crippen molar-refractivity contribution >= 4 is 0 Å². The third-order valence-corrected chi connectivity index (χ3v) is 3.12. The molecule has 1 saturated heterocycles. The number of aliphatic hydroxyl groups excluding tert-OH is 2. The minimum atomic E-state index is -1.25. The highest BCUT2D eigenvalue weighted by Gasteiger charge is 2.44. The summed E-state index contributed by atoms with van der Waals surface area (Å²) in [6.45, 7) is 0.998. The number of rotatable bonds is 3. The van der Waals surface area contributed by atoms with Crippen LogP contribution in [0.2, 0.25) is 0 Å². The van der Waals surface area contributed by atoms with Crippen molar-refractivity contribution in [2.45, 2.75) is 31.4 Å². The Morgan fingerprint density at radius 3 is 2.90 bits per heavy atom. The Kier molecular flexibility index (Phi) is 3.91. The molecular weight excluding hydrogens is 270 g/mol. The van der Waals surface area contributed by atoms with E-state index in [9.17, 15) is 14.7 Å². The lowest BCUT2D eigenvalue weighted by Gasteiger charge is -2.17. The first-order valence-electron chi connectivity index (χ1n) is 5.80. The second-order valence-corrected chi connectivity index (χ2v) is 4.41. The van der Waals surface area contributed by atoms with E-state index >= 15 is 0 Å². The van der Waals surface area contributed by atoms with Crippen LogP contribution in [0, 0.1) is 6.92 Å². The summed E-state index contributed by atoms with van der Waals surface area (Å²) in [4.78, 5) is 27.8. The molecule has 0 unspecified atom stereocenters. The van der Waals surface area contributed by atoms with Crippen LogP contribution in [0.3, 0.4) is 0 Å². The number of nitrogens with zero attached hydrogens (tertiary/aromatic N) is 4. The van der Waals surface area contributed by atoms with Crippen molar-refractivity contribution in [3.8, 4) is 0 Å². The fraction of sp³-hybridized carbons (Fsp3) is 0.600. The maximum absolute atomic E-state index is 11.8. The number of aryl methyl sites for hydroxylation is 1. The lowest BCUT2D eigenvalue weighted by Crippen LogP contribution is -2.37. The normalized spacial score (nSPS) is 29.1. The molecule has 2 rings (SSSR count). The molecular formula is C10H13N5O5. The van der Waals surface area contributed by atoms with Crippen LogP contribution in [0.4, 0.5) is 0 Å². The van der Waals surface area contributed by atoms with Gasteiger partial charge in [-0.15, -0.1) is 0 Å². The molecule has 1 aromatic rings. The highest BCUT2D eigenvalue weighted by Crippen LogP contribution is 2.30. The van der Waals surface area contributed by atoms with Gasteiger partial charge in [0.25, 0.3) is 5.56 Å². The zero-order chi connectivity index (χ0) is 14.9. The molecule has 20 heavy (non-hydrogen) atoms. The van der Waals surface area contributed by atoms with Gasteiger partial charge in [-0.2, -0.15) is 0 Å². The summed E-state index contributed by atoms with van der Waals surface area (Å²) in [5.74, 6) is 0. The van der Waals surface area contributed by atoms with Gasteiger partial charge in [0, 0.05) is 16.7 Å². The maximum Gasteiger partial charge on any atom is 0.330 e. The molecule has 10 nitrogen and oxygen atoms in total. The van der Waals surface area contributed by atoms with Crippen LogP contribution in [0.15, 0.2) is 20.9 Å². The highest BCUT2D eigenvalue weighted by molar-refractivity contribution is 5.04. The van der Waals surface area contributed by atoms with Gasteiger partial charge in [-0.25, -0.2) is 4.79 Å². The topological polar surface area (TPSA) is 153 Å². The predicted molar refractivity (Wildman–Crippen MR) is 66.0 cm³/mol. The standard InChI is InChI=1S/C10H13N5O5/c1-4-2-15(10(19)12-8(4)18)9-6(13-14-11)7(17)5(3-16)20-9/h2,5-7,9,16-17H,3H2,1H3,(H,12,18,19)/t5-,6-,7+,9+/m0/s1. The van der Waals surface area contributed by atoms with Crippen LogP contribution in [-0.2, 0) is 4.74 Å². The minimum absolute atomic E-state index is 0.259. The molecule has 2 heterocycles. The number of hydrogen-bond donors (Lipinski definition) is 3. The van der Waals surface area contributed by atoms with E-state index in [4.69, 9.17) is 15.4 Å². The number of ether oxygens (including phenoxy) is 1. The Morgan fingerprint density at radius 2 is 2.30 bits per heavy atom. The zero-order valence-corrected chi connectivity index (χ0v) is 10.5. The molecule has 4 atom stereocenters. The molecule has 0 amide bonds. The zero-order valence-electron chi connectivity index (χ0n) is 10.5. The first-order valence-corrected chi connectivity index (χ1v) is 5.80. The van der Waals surface area contributed by atoms with Crippen molar-refractivity contribution < 1.29 is 14.9 Å². The Hall–Kier alpha value is -2.13. The van der Waals surface area contributed by atoms with Gasteiger partial charge < -0.3 is 14.9 Å². The summed E-state index contributed by atoms with van der Waals surface area (Å²) < 4.78 is 6.35. The first-order chi connectivity index (χ1) is 9.49. The Bertz CT molecular complexity index is 661. The summed E-state index contributed by atoms with van der Waals surface area (Å²) >= 11 is 0. The van der Waals surface area contributed by atoms with E-state index < -0.39 is 42.3 Å². The fourth-order valence-corrected chi connectivity index (χ4v) is 2.07. The van der Waals surface area contributed by atoms with Crippen molar-refractivity contribution in [3.63, 3.8) is 0 Å².